The maximum Gasteiger partial charge on any atom is 0.415 e. The van der Waals surface area contributed by atoms with Gasteiger partial charge < -0.3 is 11.1 Å². The molecule has 0 bridgehead atoms. The summed E-state index contributed by atoms with van der Waals surface area (Å²) in [6.07, 6.45) is -0.176. The first-order valence-electron chi connectivity index (χ1n) is 6.37. The van der Waals surface area contributed by atoms with Crippen LogP contribution in [0.25, 0.3) is 0 Å². The molecule has 104 valence electrons. The third-order valence-electron chi connectivity index (χ3n) is 4.01. The van der Waals surface area contributed by atoms with E-state index in [0.29, 0.717) is 31.2 Å². The van der Waals surface area contributed by atoms with Crippen molar-refractivity contribution in [3.63, 3.8) is 0 Å². The molecule has 2 aliphatic rings. The predicted octanol–water partition coefficient (Wildman–Crippen LogP) is 1.82. The summed E-state index contributed by atoms with van der Waals surface area (Å²) in [7, 11) is 0. The highest BCUT2D eigenvalue weighted by Crippen LogP contribution is 2.48. The van der Waals surface area contributed by atoms with Crippen LogP contribution < -0.4 is 11.1 Å². The van der Waals surface area contributed by atoms with E-state index in [1.807, 2.05) is 0 Å². The van der Waals surface area contributed by atoms with Gasteiger partial charge in [-0.2, -0.15) is 13.2 Å². The number of alkyl halides is 3. The summed E-state index contributed by atoms with van der Waals surface area (Å²) in [4.78, 5) is 11.5. The van der Waals surface area contributed by atoms with Gasteiger partial charge in [-0.15, -0.1) is 0 Å². The topological polar surface area (TPSA) is 55.1 Å². The van der Waals surface area contributed by atoms with Gasteiger partial charge in [0.25, 0.3) is 0 Å². The Bertz CT molecular complexity index is 321. The van der Waals surface area contributed by atoms with Crippen LogP contribution in [0.5, 0.6) is 0 Å². The fraction of sp³-hybridized carbons (Fsp3) is 0.917. The van der Waals surface area contributed by atoms with Crippen LogP contribution in [0.4, 0.5) is 13.2 Å². The Balaban J connectivity index is 1.87. The molecule has 6 heteroatoms. The molecule has 1 atom stereocenters. The highest BCUT2D eigenvalue weighted by atomic mass is 19.4. The SMILES string of the molecule is CC(N)(C(=O)NCC(C1CC1)C1CC1)C(F)(F)F. The van der Waals surface area contributed by atoms with E-state index in [1.54, 1.807) is 0 Å². The summed E-state index contributed by atoms with van der Waals surface area (Å²) in [6, 6.07) is 0. The second kappa shape index (κ2) is 4.40. The Morgan fingerprint density at radius 2 is 1.72 bits per heavy atom. The van der Waals surface area contributed by atoms with Gasteiger partial charge in [0.2, 0.25) is 5.91 Å². The highest BCUT2D eigenvalue weighted by molar-refractivity contribution is 5.86. The second-order valence-electron chi connectivity index (χ2n) is 5.75. The quantitative estimate of drug-likeness (QED) is 0.795. The maximum atomic E-state index is 12.6. The van der Waals surface area contributed by atoms with Gasteiger partial charge in [-0.3, -0.25) is 4.79 Å². The molecule has 0 aromatic rings. The van der Waals surface area contributed by atoms with Gasteiger partial charge in [-0.25, -0.2) is 0 Å². The number of rotatable bonds is 5. The molecule has 0 aliphatic heterocycles. The van der Waals surface area contributed by atoms with Crippen LogP contribution in [0.15, 0.2) is 0 Å². The van der Waals surface area contributed by atoms with Crippen LogP contribution in [0.2, 0.25) is 0 Å². The van der Waals surface area contributed by atoms with E-state index in [2.05, 4.69) is 5.32 Å². The lowest BCUT2D eigenvalue weighted by Gasteiger charge is -2.27. The Morgan fingerprint density at radius 3 is 2.06 bits per heavy atom. The minimum Gasteiger partial charge on any atom is -0.354 e. The zero-order valence-corrected chi connectivity index (χ0v) is 10.4. The van der Waals surface area contributed by atoms with Crippen molar-refractivity contribution in [3.8, 4) is 0 Å². The molecule has 0 aromatic carbocycles. The van der Waals surface area contributed by atoms with Gasteiger partial charge >= 0.3 is 6.18 Å². The van der Waals surface area contributed by atoms with Crippen molar-refractivity contribution in [2.24, 2.45) is 23.5 Å². The number of hydrogen-bond donors (Lipinski definition) is 2. The molecule has 3 N–H and O–H groups in total. The average Bonchev–Trinajstić information content (AvgIpc) is 3.10. The van der Waals surface area contributed by atoms with Crippen LogP contribution in [0.3, 0.4) is 0 Å². The Morgan fingerprint density at radius 1 is 1.28 bits per heavy atom. The molecule has 2 rings (SSSR count). The number of halogens is 3. The molecule has 2 aliphatic carbocycles. The Kier molecular flexibility index (Phi) is 3.34. The molecule has 0 aromatic heterocycles. The molecular formula is C12H19F3N2O. The monoisotopic (exact) mass is 264 g/mol. The Hall–Kier alpha value is -0.780. The van der Waals surface area contributed by atoms with Crippen molar-refractivity contribution in [3.05, 3.63) is 0 Å². The molecule has 0 radical (unpaired) electrons. The van der Waals surface area contributed by atoms with Gasteiger partial charge in [0.1, 0.15) is 0 Å². The van der Waals surface area contributed by atoms with Crippen molar-refractivity contribution in [1.82, 2.24) is 5.32 Å². The summed E-state index contributed by atoms with van der Waals surface area (Å²) in [6.45, 7) is 1.04. The normalized spacial score (nSPS) is 23.9. The van der Waals surface area contributed by atoms with Gasteiger partial charge in [0.15, 0.2) is 5.54 Å². The van der Waals surface area contributed by atoms with Crippen LogP contribution in [0, 0.1) is 17.8 Å². The van der Waals surface area contributed by atoms with Crippen LogP contribution in [-0.2, 0) is 4.79 Å². The van der Waals surface area contributed by atoms with Crippen molar-refractivity contribution in [1.29, 1.82) is 0 Å². The van der Waals surface area contributed by atoms with E-state index in [9.17, 15) is 18.0 Å². The zero-order chi connectivity index (χ0) is 13.6. The van der Waals surface area contributed by atoms with Gasteiger partial charge in [-0.05, 0) is 50.4 Å². The largest absolute Gasteiger partial charge is 0.415 e. The summed E-state index contributed by atoms with van der Waals surface area (Å²) >= 11 is 0. The number of hydrogen-bond acceptors (Lipinski definition) is 2. The number of nitrogens with two attached hydrogens (primary N) is 1. The summed E-state index contributed by atoms with van der Waals surface area (Å²) in [5, 5.41) is 2.39. The van der Waals surface area contributed by atoms with Crippen molar-refractivity contribution < 1.29 is 18.0 Å². The van der Waals surface area contributed by atoms with E-state index in [4.69, 9.17) is 5.73 Å². The third-order valence-corrected chi connectivity index (χ3v) is 4.01. The van der Waals surface area contributed by atoms with E-state index < -0.39 is 17.6 Å². The number of carbonyl (C=O) groups excluding carboxylic acids is 1. The van der Waals surface area contributed by atoms with E-state index in [-0.39, 0.29) is 0 Å². The lowest BCUT2D eigenvalue weighted by Crippen LogP contribution is -2.61. The smallest absolute Gasteiger partial charge is 0.354 e. The maximum absolute atomic E-state index is 12.6. The van der Waals surface area contributed by atoms with Crippen molar-refractivity contribution >= 4 is 5.91 Å². The number of amides is 1. The summed E-state index contributed by atoms with van der Waals surface area (Å²) in [5.74, 6) is 0.403. The van der Waals surface area contributed by atoms with Gasteiger partial charge in [0, 0.05) is 6.54 Å². The molecule has 2 saturated carbocycles. The molecule has 0 heterocycles. The highest BCUT2D eigenvalue weighted by Gasteiger charge is 2.54. The number of nitrogens with one attached hydrogen (secondary N) is 1. The van der Waals surface area contributed by atoms with E-state index >= 15 is 0 Å². The first-order chi connectivity index (χ1) is 8.23. The lowest BCUT2D eigenvalue weighted by atomic mass is 9.96. The Labute approximate surface area is 104 Å². The molecular weight excluding hydrogens is 245 g/mol. The summed E-state index contributed by atoms with van der Waals surface area (Å²) in [5.41, 5.74) is 2.27. The van der Waals surface area contributed by atoms with Crippen molar-refractivity contribution in [2.75, 3.05) is 6.54 Å². The molecule has 3 nitrogen and oxygen atoms in total. The first-order valence-corrected chi connectivity index (χ1v) is 6.37. The van der Waals surface area contributed by atoms with Gasteiger partial charge in [-0.1, -0.05) is 0 Å². The zero-order valence-electron chi connectivity index (χ0n) is 10.4. The van der Waals surface area contributed by atoms with E-state index in [0.717, 1.165) is 25.7 Å². The van der Waals surface area contributed by atoms with Gasteiger partial charge in [0.05, 0.1) is 0 Å². The van der Waals surface area contributed by atoms with Crippen LogP contribution in [-0.4, -0.2) is 24.2 Å². The first kappa shape index (κ1) is 13.6. The minimum atomic E-state index is -4.72. The minimum absolute atomic E-state index is 0.330. The molecule has 0 spiro atoms. The van der Waals surface area contributed by atoms with E-state index in [1.165, 1.54) is 0 Å². The molecule has 1 unspecified atom stereocenters. The van der Waals surface area contributed by atoms with Crippen LogP contribution >= 0.6 is 0 Å². The molecule has 18 heavy (non-hydrogen) atoms. The predicted molar refractivity (Wildman–Crippen MR) is 60.6 cm³/mol. The fourth-order valence-corrected chi connectivity index (χ4v) is 2.29. The molecule has 2 fully saturated rings. The van der Waals surface area contributed by atoms with Crippen LogP contribution in [0.1, 0.15) is 32.6 Å². The lowest BCUT2D eigenvalue weighted by molar-refractivity contribution is -0.187. The standard InChI is InChI=1S/C12H19F3N2O/c1-11(16,12(13,14)15)10(18)17-6-9(7-2-3-7)8-4-5-8/h7-9H,2-6,16H2,1H3,(H,17,18). The number of carbonyl (C=O) groups is 1. The fourth-order valence-electron chi connectivity index (χ4n) is 2.29. The average molecular weight is 264 g/mol. The molecule has 0 saturated heterocycles. The van der Waals surface area contributed by atoms with Crippen molar-refractivity contribution in [2.45, 2.75) is 44.3 Å². The second-order valence-corrected chi connectivity index (χ2v) is 5.75. The summed E-state index contributed by atoms with van der Waals surface area (Å²) < 4.78 is 37.7. The third kappa shape index (κ3) is 2.79. The molecule has 1 amide bonds.